The van der Waals surface area contributed by atoms with E-state index >= 15 is 0 Å². The fourth-order valence-electron chi connectivity index (χ4n) is 1.98. The minimum Gasteiger partial charge on any atom is -0.490 e. The number of methoxy groups -OCH3 is 1. The van der Waals surface area contributed by atoms with Gasteiger partial charge in [0.2, 0.25) is 0 Å². The molecular weight excluding hydrogens is 266 g/mol. The Morgan fingerprint density at radius 3 is 2.52 bits per heavy atom. The van der Waals surface area contributed by atoms with Gasteiger partial charge >= 0.3 is 5.97 Å². The van der Waals surface area contributed by atoms with Crippen LogP contribution in [0.4, 0.5) is 0 Å². The number of hydrogen-bond acceptors (Lipinski definition) is 4. The van der Waals surface area contributed by atoms with E-state index < -0.39 is 0 Å². The van der Waals surface area contributed by atoms with Crippen molar-refractivity contribution in [1.82, 2.24) is 5.32 Å². The number of benzene rings is 1. The van der Waals surface area contributed by atoms with Gasteiger partial charge in [0, 0.05) is 6.54 Å². The summed E-state index contributed by atoms with van der Waals surface area (Å²) in [6.45, 7) is 8.90. The quantitative estimate of drug-likeness (QED) is 0.561. The minimum absolute atomic E-state index is 0.213. The van der Waals surface area contributed by atoms with Crippen LogP contribution in [0.25, 0.3) is 0 Å². The van der Waals surface area contributed by atoms with Crippen molar-refractivity contribution in [2.45, 2.75) is 32.9 Å². The molecular formula is C17H25NO3. The summed E-state index contributed by atoms with van der Waals surface area (Å²) >= 11 is 0. The van der Waals surface area contributed by atoms with Crippen LogP contribution in [-0.4, -0.2) is 25.7 Å². The number of esters is 1. The maximum absolute atomic E-state index is 11.7. The monoisotopic (exact) mass is 291 g/mol. The fraction of sp³-hybridized carbons (Fsp3) is 0.471. The number of carbonyl (C=O) groups is 1. The Morgan fingerprint density at radius 1 is 1.33 bits per heavy atom. The first-order valence-corrected chi connectivity index (χ1v) is 7.20. The van der Waals surface area contributed by atoms with E-state index in [9.17, 15) is 4.79 Å². The second kappa shape index (κ2) is 9.19. The van der Waals surface area contributed by atoms with Gasteiger partial charge in [0.1, 0.15) is 18.4 Å². The highest BCUT2D eigenvalue weighted by atomic mass is 16.5. The van der Waals surface area contributed by atoms with Crippen LogP contribution in [0.5, 0.6) is 5.75 Å². The first kappa shape index (κ1) is 17.2. The van der Waals surface area contributed by atoms with Gasteiger partial charge in [0.25, 0.3) is 0 Å². The van der Waals surface area contributed by atoms with Gasteiger partial charge in [-0.3, -0.25) is 4.79 Å². The van der Waals surface area contributed by atoms with E-state index in [1.165, 1.54) is 7.11 Å². The van der Waals surface area contributed by atoms with Crippen LogP contribution < -0.4 is 10.1 Å². The number of ether oxygens (including phenoxy) is 2. The van der Waals surface area contributed by atoms with E-state index in [1.807, 2.05) is 24.3 Å². The molecule has 0 heterocycles. The van der Waals surface area contributed by atoms with Gasteiger partial charge in [-0.25, -0.2) is 0 Å². The Kier molecular flexibility index (Phi) is 7.54. The zero-order valence-corrected chi connectivity index (χ0v) is 13.1. The van der Waals surface area contributed by atoms with Gasteiger partial charge in [-0.15, -0.1) is 0 Å². The largest absolute Gasteiger partial charge is 0.490 e. The van der Waals surface area contributed by atoms with Gasteiger partial charge in [-0.2, -0.15) is 0 Å². The lowest BCUT2D eigenvalue weighted by atomic mass is 10.0. The maximum Gasteiger partial charge on any atom is 0.322 e. The number of rotatable bonds is 9. The van der Waals surface area contributed by atoms with E-state index in [0.29, 0.717) is 19.1 Å². The van der Waals surface area contributed by atoms with E-state index in [-0.39, 0.29) is 12.0 Å². The zero-order valence-electron chi connectivity index (χ0n) is 13.1. The highest BCUT2D eigenvalue weighted by Gasteiger charge is 2.19. The highest BCUT2D eigenvalue weighted by Crippen LogP contribution is 2.13. The van der Waals surface area contributed by atoms with Crippen molar-refractivity contribution in [1.29, 1.82) is 0 Å². The van der Waals surface area contributed by atoms with Gasteiger partial charge in [0.05, 0.1) is 7.11 Å². The molecule has 116 valence electrons. The molecule has 0 aromatic heterocycles. The van der Waals surface area contributed by atoms with Crippen LogP contribution in [0, 0.1) is 5.92 Å². The molecule has 1 N–H and O–H groups in total. The molecule has 0 fully saturated rings. The molecule has 1 unspecified atom stereocenters. The van der Waals surface area contributed by atoms with Crippen molar-refractivity contribution in [2.75, 3.05) is 13.7 Å². The second-order valence-corrected chi connectivity index (χ2v) is 5.33. The predicted molar refractivity (Wildman–Crippen MR) is 84.2 cm³/mol. The third-order valence-corrected chi connectivity index (χ3v) is 3.04. The molecule has 21 heavy (non-hydrogen) atoms. The summed E-state index contributed by atoms with van der Waals surface area (Å²) in [6.07, 6.45) is 2.47. The van der Waals surface area contributed by atoms with Gasteiger partial charge < -0.3 is 14.8 Å². The van der Waals surface area contributed by atoms with Crippen molar-refractivity contribution in [3.8, 4) is 5.75 Å². The number of carbonyl (C=O) groups excluding carboxylic acids is 1. The van der Waals surface area contributed by atoms with Crippen molar-refractivity contribution < 1.29 is 14.3 Å². The zero-order chi connectivity index (χ0) is 15.7. The van der Waals surface area contributed by atoms with Gasteiger partial charge in [-0.05, 0) is 30.0 Å². The van der Waals surface area contributed by atoms with E-state index in [4.69, 9.17) is 9.47 Å². The molecule has 4 nitrogen and oxygen atoms in total. The van der Waals surface area contributed by atoms with Gasteiger partial charge in [-0.1, -0.05) is 38.6 Å². The Hall–Kier alpha value is -1.81. The Balaban J connectivity index is 2.54. The van der Waals surface area contributed by atoms with Crippen LogP contribution in [-0.2, 0) is 16.1 Å². The fourth-order valence-corrected chi connectivity index (χ4v) is 1.98. The van der Waals surface area contributed by atoms with Crippen LogP contribution in [0.15, 0.2) is 36.9 Å². The molecule has 0 spiro atoms. The van der Waals surface area contributed by atoms with Crippen molar-refractivity contribution in [3.05, 3.63) is 42.5 Å². The van der Waals surface area contributed by atoms with E-state index in [2.05, 4.69) is 25.7 Å². The summed E-state index contributed by atoms with van der Waals surface area (Å²) in [6, 6.07) is 7.52. The van der Waals surface area contributed by atoms with Crippen LogP contribution >= 0.6 is 0 Å². The third-order valence-electron chi connectivity index (χ3n) is 3.04. The van der Waals surface area contributed by atoms with Crippen LogP contribution in [0.2, 0.25) is 0 Å². The first-order valence-electron chi connectivity index (χ1n) is 7.20. The molecule has 1 rings (SSSR count). The lowest BCUT2D eigenvalue weighted by Crippen LogP contribution is -2.38. The summed E-state index contributed by atoms with van der Waals surface area (Å²) in [4.78, 5) is 11.7. The summed E-state index contributed by atoms with van der Waals surface area (Å²) < 4.78 is 10.3. The smallest absolute Gasteiger partial charge is 0.322 e. The average Bonchev–Trinajstić information content (AvgIpc) is 2.49. The van der Waals surface area contributed by atoms with Crippen molar-refractivity contribution in [3.63, 3.8) is 0 Å². The topological polar surface area (TPSA) is 47.6 Å². The van der Waals surface area contributed by atoms with Gasteiger partial charge in [0.15, 0.2) is 0 Å². The maximum atomic E-state index is 11.7. The molecule has 0 saturated heterocycles. The third kappa shape index (κ3) is 6.45. The van der Waals surface area contributed by atoms with Crippen molar-refractivity contribution in [2.24, 2.45) is 5.92 Å². The lowest BCUT2D eigenvalue weighted by Gasteiger charge is -2.18. The Labute approximate surface area is 127 Å². The standard InChI is InChI=1S/C17H25NO3/c1-5-10-21-15-8-6-14(7-9-15)12-18-16(11-13(2)3)17(19)20-4/h5-9,13,16,18H,1,10-12H2,2-4H3. The Morgan fingerprint density at radius 2 is 2.00 bits per heavy atom. The molecule has 0 saturated carbocycles. The second-order valence-electron chi connectivity index (χ2n) is 5.33. The number of nitrogens with one attached hydrogen (secondary N) is 1. The molecule has 0 aliphatic heterocycles. The number of hydrogen-bond donors (Lipinski definition) is 1. The van der Waals surface area contributed by atoms with Crippen molar-refractivity contribution >= 4 is 5.97 Å². The molecule has 0 aliphatic carbocycles. The average molecular weight is 291 g/mol. The normalized spacial score (nSPS) is 12.0. The highest BCUT2D eigenvalue weighted by molar-refractivity contribution is 5.75. The molecule has 1 aromatic carbocycles. The molecule has 1 atom stereocenters. The predicted octanol–water partition coefficient (Wildman–Crippen LogP) is 2.93. The summed E-state index contributed by atoms with van der Waals surface area (Å²) in [5.74, 6) is 1.02. The van der Waals surface area contributed by atoms with Crippen LogP contribution in [0.3, 0.4) is 0 Å². The Bertz CT molecular complexity index is 440. The van der Waals surface area contributed by atoms with Crippen LogP contribution in [0.1, 0.15) is 25.8 Å². The lowest BCUT2D eigenvalue weighted by molar-refractivity contribution is -0.143. The first-order chi connectivity index (χ1) is 10.1. The minimum atomic E-state index is -0.272. The molecule has 0 radical (unpaired) electrons. The summed E-state index contributed by atoms with van der Waals surface area (Å²) in [7, 11) is 1.42. The van der Waals surface area contributed by atoms with E-state index in [1.54, 1.807) is 6.08 Å². The molecule has 0 amide bonds. The molecule has 4 heteroatoms. The molecule has 0 bridgehead atoms. The SMILES string of the molecule is C=CCOc1ccc(CNC(CC(C)C)C(=O)OC)cc1. The summed E-state index contributed by atoms with van der Waals surface area (Å²) in [5.41, 5.74) is 1.10. The van der Waals surface area contributed by atoms with E-state index in [0.717, 1.165) is 17.7 Å². The molecule has 1 aromatic rings. The summed E-state index contributed by atoms with van der Waals surface area (Å²) in [5, 5.41) is 3.25. The molecule has 0 aliphatic rings.